The number of piperidine rings is 1. The number of quaternary nitrogens is 1. The molecule has 39 heavy (non-hydrogen) atoms. The molecular weight excluding hydrogens is 517 g/mol. The first-order chi connectivity index (χ1) is 18.6. The third kappa shape index (κ3) is 18.2. The molecule has 0 aromatic rings. The first kappa shape index (κ1) is 36.1. The molecule has 1 aliphatic rings. The summed E-state index contributed by atoms with van der Waals surface area (Å²) < 4.78 is 34.8. The van der Waals surface area contributed by atoms with Crippen LogP contribution in [0.15, 0.2) is 12.0 Å². The predicted molar refractivity (Wildman–Crippen MR) is 157 cm³/mol. The number of phosphoric ester groups is 1. The second-order valence-electron chi connectivity index (χ2n) is 11.7. The zero-order valence-corrected chi connectivity index (χ0v) is 26.6. The van der Waals surface area contributed by atoms with Gasteiger partial charge in [0.2, 0.25) is 0 Å². The molecule has 1 aliphatic heterocycles. The van der Waals surface area contributed by atoms with E-state index in [1.807, 2.05) is 14.1 Å². The highest BCUT2D eigenvalue weighted by Crippen LogP contribution is 2.46. The number of rotatable bonds is 23. The molecule has 9 heteroatoms. The van der Waals surface area contributed by atoms with Crippen molar-refractivity contribution in [1.82, 2.24) is 0 Å². The maximum absolute atomic E-state index is 12.6. The first-order valence-corrected chi connectivity index (χ1v) is 17.0. The molecule has 0 aromatic heterocycles. The zero-order chi connectivity index (χ0) is 29.0. The Balaban J connectivity index is 2.22. The van der Waals surface area contributed by atoms with Gasteiger partial charge in [-0.15, -0.1) is 0 Å². The Morgan fingerprint density at radius 1 is 0.949 bits per heavy atom. The average molecular weight is 577 g/mol. The number of hydrogen-bond acceptors (Lipinski definition) is 6. The number of unbranched alkanes of at least 4 members (excludes halogenated alkanes) is 13. The van der Waals surface area contributed by atoms with E-state index in [2.05, 4.69) is 6.92 Å². The Hall–Kier alpha value is -0.920. The van der Waals surface area contributed by atoms with Crippen molar-refractivity contribution in [1.29, 1.82) is 0 Å². The van der Waals surface area contributed by atoms with Gasteiger partial charge in [0.05, 0.1) is 27.2 Å². The SMILES string of the molecule is CCCCCCCCCCCCCCCCOCC(OC(C)=O)C(C)OP(=O)(O)OC=C1CCCC[N+]1(C)C. The number of carbonyl (C=O) groups is 1. The number of esters is 1. The number of likely N-dealkylation sites (tertiary alicyclic amines) is 1. The van der Waals surface area contributed by atoms with Crippen molar-refractivity contribution >= 4 is 13.8 Å². The molecule has 1 N–H and O–H groups in total. The smallest absolute Gasteiger partial charge is 0.457 e. The van der Waals surface area contributed by atoms with E-state index >= 15 is 0 Å². The van der Waals surface area contributed by atoms with Gasteiger partial charge in [-0.1, -0.05) is 90.4 Å². The third-order valence-corrected chi connectivity index (χ3v) is 8.54. The highest BCUT2D eigenvalue weighted by atomic mass is 31.2. The molecule has 8 nitrogen and oxygen atoms in total. The van der Waals surface area contributed by atoms with E-state index in [1.165, 1.54) is 90.2 Å². The van der Waals surface area contributed by atoms with Crippen molar-refractivity contribution in [2.75, 3.05) is 33.9 Å². The highest BCUT2D eigenvalue weighted by Gasteiger charge is 2.33. The molecule has 0 aromatic carbocycles. The number of nitrogens with zero attached hydrogens (tertiary/aromatic N) is 1. The highest BCUT2D eigenvalue weighted by molar-refractivity contribution is 7.47. The number of hydrogen-bond donors (Lipinski definition) is 1. The van der Waals surface area contributed by atoms with Gasteiger partial charge >= 0.3 is 13.8 Å². The number of phosphoric acid groups is 1. The summed E-state index contributed by atoms with van der Waals surface area (Å²) in [6, 6.07) is 0. The van der Waals surface area contributed by atoms with Gasteiger partial charge in [0, 0.05) is 20.0 Å². The first-order valence-electron chi connectivity index (χ1n) is 15.5. The molecule has 1 saturated heterocycles. The van der Waals surface area contributed by atoms with Crippen LogP contribution in [0, 0.1) is 0 Å². The Bertz CT molecular complexity index is 728. The van der Waals surface area contributed by atoms with Crippen LogP contribution < -0.4 is 0 Å². The Kier molecular flexibility index (Phi) is 19.3. The fraction of sp³-hybridized carbons (Fsp3) is 0.900. The summed E-state index contributed by atoms with van der Waals surface area (Å²) in [5.74, 6) is -0.493. The zero-order valence-electron chi connectivity index (χ0n) is 25.7. The van der Waals surface area contributed by atoms with Crippen molar-refractivity contribution < 1.29 is 37.3 Å². The van der Waals surface area contributed by atoms with Crippen LogP contribution in [0.25, 0.3) is 0 Å². The maximum atomic E-state index is 12.6. The van der Waals surface area contributed by atoms with Crippen molar-refractivity contribution in [2.24, 2.45) is 0 Å². The molecule has 3 atom stereocenters. The van der Waals surface area contributed by atoms with Gasteiger partial charge in [0.1, 0.15) is 11.8 Å². The molecule has 0 spiro atoms. The standard InChI is InChI=1S/C30H58NO7P/c1-6-7-8-9-10-11-12-13-14-15-16-17-18-21-24-35-26-30(37-28(3)32)27(2)38-39(33,34)36-25-29-22-19-20-23-31(29,4)5/h25,27,30H,6-24,26H2,1-5H3/p+1. The van der Waals surface area contributed by atoms with Crippen molar-refractivity contribution in [2.45, 2.75) is 142 Å². The van der Waals surface area contributed by atoms with Crippen LogP contribution in [0.4, 0.5) is 0 Å². The minimum absolute atomic E-state index is 0.101. The minimum Gasteiger partial charge on any atom is -0.457 e. The van der Waals surface area contributed by atoms with Gasteiger partial charge in [-0.05, 0) is 26.2 Å². The number of allylic oxidation sites excluding steroid dienone is 1. The van der Waals surface area contributed by atoms with Crippen LogP contribution >= 0.6 is 7.82 Å². The van der Waals surface area contributed by atoms with Crippen LogP contribution in [-0.4, -0.2) is 61.4 Å². The van der Waals surface area contributed by atoms with Gasteiger partial charge in [0.15, 0.2) is 12.4 Å². The van der Waals surface area contributed by atoms with E-state index in [-0.39, 0.29) is 6.61 Å². The van der Waals surface area contributed by atoms with Gasteiger partial charge in [-0.25, -0.2) is 4.57 Å². The lowest BCUT2D eigenvalue weighted by atomic mass is 10.0. The van der Waals surface area contributed by atoms with Crippen LogP contribution in [0.3, 0.4) is 0 Å². The minimum atomic E-state index is -4.38. The van der Waals surface area contributed by atoms with Gasteiger partial charge in [0.25, 0.3) is 0 Å². The van der Waals surface area contributed by atoms with E-state index in [0.717, 1.165) is 44.3 Å². The maximum Gasteiger partial charge on any atom is 0.527 e. The molecule has 1 rings (SSSR count). The quantitative estimate of drug-likeness (QED) is 0.0433. The van der Waals surface area contributed by atoms with Crippen LogP contribution in [0.5, 0.6) is 0 Å². The fourth-order valence-electron chi connectivity index (χ4n) is 4.97. The van der Waals surface area contributed by atoms with E-state index in [9.17, 15) is 14.3 Å². The Morgan fingerprint density at radius 2 is 1.49 bits per heavy atom. The second kappa shape index (κ2) is 20.9. The topological polar surface area (TPSA) is 91.3 Å². The Labute approximate surface area is 239 Å². The van der Waals surface area contributed by atoms with E-state index in [0.29, 0.717) is 11.1 Å². The molecular formula is C30H59NO7P+. The largest absolute Gasteiger partial charge is 0.527 e. The summed E-state index contributed by atoms with van der Waals surface area (Å²) in [5.41, 5.74) is 0.944. The normalized spacial score (nSPS) is 19.4. The monoisotopic (exact) mass is 576 g/mol. The molecule has 3 unspecified atom stereocenters. The summed E-state index contributed by atoms with van der Waals surface area (Å²) in [4.78, 5) is 21.9. The summed E-state index contributed by atoms with van der Waals surface area (Å²) in [6.07, 6.45) is 20.8. The molecule has 1 heterocycles. The summed E-state index contributed by atoms with van der Waals surface area (Å²) in [7, 11) is -0.283. The van der Waals surface area contributed by atoms with Gasteiger partial charge in [-0.3, -0.25) is 18.7 Å². The molecule has 0 radical (unpaired) electrons. The molecule has 230 valence electrons. The molecule has 0 saturated carbocycles. The lowest BCUT2D eigenvalue weighted by Gasteiger charge is -2.35. The third-order valence-electron chi connectivity index (χ3n) is 7.56. The van der Waals surface area contributed by atoms with Crippen LogP contribution in [-0.2, 0) is 27.9 Å². The fourth-order valence-corrected chi connectivity index (χ4v) is 5.83. The lowest BCUT2D eigenvalue weighted by Crippen LogP contribution is -2.42. The molecule has 0 aliphatic carbocycles. The van der Waals surface area contributed by atoms with Gasteiger partial charge in [-0.2, -0.15) is 0 Å². The van der Waals surface area contributed by atoms with Crippen molar-refractivity contribution in [3.05, 3.63) is 12.0 Å². The number of ether oxygens (including phenoxy) is 2. The number of carbonyl (C=O) groups excluding carboxylic acids is 1. The molecule has 1 fully saturated rings. The molecule has 0 amide bonds. The summed E-state index contributed by atoms with van der Waals surface area (Å²) >= 11 is 0. The Morgan fingerprint density at radius 3 is 2.00 bits per heavy atom. The van der Waals surface area contributed by atoms with Crippen LogP contribution in [0.1, 0.15) is 130 Å². The lowest BCUT2D eigenvalue weighted by molar-refractivity contribution is -0.858. The summed E-state index contributed by atoms with van der Waals surface area (Å²) in [6.45, 7) is 6.75. The molecule has 0 bridgehead atoms. The van der Waals surface area contributed by atoms with Crippen LogP contribution in [0.2, 0.25) is 0 Å². The summed E-state index contributed by atoms with van der Waals surface area (Å²) in [5, 5.41) is 0. The van der Waals surface area contributed by atoms with E-state index in [1.54, 1.807) is 6.92 Å². The van der Waals surface area contributed by atoms with E-state index < -0.39 is 26.0 Å². The van der Waals surface area contributed by atoms with Crippen molar-refractivity contribution in [3.63, 3.8) is 0 Å². The van der Waals surface area contributed by atoms with Crippen molar-refractivity contribution in [3.8, 4) is 0 Å². The van der Waals surface area contributed by atoms with Gasteiger partial charge < -0.3 is 14.0 Å². The predicted octanol–water partition coefficient (Wildman–Crippen LogP) is 8.04. The second-order valence-corrected chi connectivity index (χ2v) is 13.0. The van der Waals surface area contributed by atoms with E-state index in [4.69, 9.17) is 18.5 Å². The average Bonchev–Trinajstić information content (AvgIpc) is 2.86.